The summed E-state index contributed by atoms with van der Waals surface area (Å²) < 4.78 is 37.2. The molecule has 0 amide bonds. The summed E-state index contributed by atoms with van der Waals surface area (Å²) in [5.74, 6) is 2.29. The molecule has 2 aromatic heterocycles. The molecular formula is C16H16N4O4S. The molecule has 0 aliphatic rings. The monoisotopic (exact) mass is 360 g/mol. The van der Waals surface area contributed by atoms with E-state index < -0.39 is 10.0 Å². The molecule has 0 spiro atoms. The molecule has 130 valence electrons. The third-order valence-electron chi connectivity index (χ3n) is 3.27. The Balaban J connectivity index is 1.71. The zero-order chi connectivity index (χ0) is 17.9. The fraction of sp³-hybridized carbons (Fsp3) is 0.125. The van der Waals surface area contributed by atoms with Crippen molar-refractivity contribution in [3.8, 4) is 5.75 Å². The first kappa shape index (κ1) is 16.8. The van der Waals surface area contributed by atoms with Crippen LogP contribution in [-0.2, 0) is 10.0 Å². The molecule has 2 heterocycles. The summed E-state index contributed by atoms with van der Waals surface area (Å²) in [6.45, 7) is 1.78. The van der Waals surface area contributed by atoms with Crippen molar-refractivity contribution in [3.63, 3.8) is 0 Å². The van der Waals surface area contributed by atoms with Crippen LogP contribution in [0, 0.1) is 6.92 Å². The van der Waals surface area contributed by atoms with E-state index in [2.05, 4.69) is 20.2 Å². The van der Waals surface area contributed by atoms with E-state index in [1.807, 2.05) is 0 Å². The third kappa shape index (κ3) is 4.07. The first-order chi connectivity index (χ1) is 12.0. The summed E-state index contributed by atoms with van der Waals surface area (Å²) in [7, 11) is -2.18. The zero-order valence-electron chi connectivity index (χ0n) is 13.6. The van der Waals surface area contributed by atoms with E-state index in [1.54, 1.807) is 37.3 Å². The minimum atomic E-state index is -3.70. The quantitative estimate of drug-likeness (QED) is 0.696. The second-order valence-electron chi connectivity index (χ2n) is 5.16. The van der Waals surface area contributed by atoms with Crippen LogP contribution >= 0.6 is 0 Å². The standard InChI is InChI=1S/C16H16N4O4S/c1-11-9-16(19-24-11)18-15-8-3-12(10-17-15)20-25(21,22)14-6-4-13(23-2)5-7-14/h3-10,20H,1-2H3,(H,17,18,19). The number of hydrogen-bond donors (Lipinski definition) is 2. The first-order valence-corrected chi connectivity index (χ1v) is 8.78. The number of aromatic nitrogens is 2. The average Bonchev–Trinajstić information content (AvgIpc) is 3.01. The van der Waals surface area contributed by atoms with Crippen molar-refractivity contribution in [2.75, 3.05) is 17.1 Å². The minimum Gasteiger partial charge on any atom is -0.497 e. The van der Waals surface area contributed by atoms with Crippen molar-refractivity contribution in [2.24, 2.45) is 0 Å². The third-order valence-corrected chi connectivity index (χ3v) is 4.67. The van der Waals surface area contributed by atoms with Gasteiger partial charge in [-0.05, 0) is 43.3 Å². The highest BCUT2D eigenvalue weighted by Crippen LogP contribution is 2.20. The van der Waals surface area contributed by atoms with Crippen LogP contribution < -0.4 is 14.8 Å². The van der Waals surface area contributed by atoms with Gasteiger partial charge in [-0.2, -0.15) is 0 Å². The maximum atomic E-state index is 12.4. The number of anilines is 3. The van der Waals surface area contributed by atoms with E-state index in [1.165, 1.54) is 25.4 Å². The molecule has 0 fully saturated rings. The van der Waals surface area contributed by atoms with Crippen LogP contribution in [-0.4, -0.2) is 25.7 Å². The van der Waals surface area contributed by atoms with Gasteiger partial charge in [0.25, 0.3) is 10.0 Å². The molecule has 0 radical (unpaired) electrons. The van der Waals surface area contributed by atoms with Gasteiger partial charge >= 0.3 is 0 Å². The number of pyridine rings is 1. The molecule has 3 aromatic rings. The minimum absolute atomic E-state index is 0.133. The van der Waals surface area contributed by atoms with Crippen LogP contribution in [0.1, 0.15) is 5.76 Å². The molecule has 0 aliphatic carbocycles. The lowest BCUT2D eigenvalue weighted by atomic mass is 10.3. The Labute approximate surface area is 144 Å². The second-order valence-corrected chi connectivity index (χ2v) is 6.84. The summed E-state index contributed by atoms with van der Waals surface area (Å²) in [5.41, 5.74) is 0.345. The molecule has 1 aromatic carbocycles. The van der Waals surface area contributed by atoms with Crippen molar-refractivity contribution in [3.05, 3.63) is 54.4 Å². The molecule has 0 unspecified atom stereocenters. The number of methoxy groups -OCH3 is 1. The van der Waals surface area contributed by atoms with Gasteiger partial charge in [0.2, 0.25) is 0 Å². The molecule has 8 nitrogen and oxygen atoms in total. The predicted molar refractivity (Wildman–Crippen MR) is 92.6 cm³/mol. The highest BCUT2D eigenvalue weighted by Gasteiger charge is 2.14. The van der Waals surface area contributed by atoms with Crippen LogP contribution in [0.2, 0.25) is 0 Å². The molecule has 0 bridgehead atoms. The van der Waals surface area contributed by atoms with Gasteiger partial charge in [-0.25, -0.2) is 13.4 Å². The summed E-state index contributed by atoms with van der Waals surface area (Å²) in [6.07, 6.45) is 1.41. The number of aryl methyl sites for hydroxylation is 1. The Morgan fingerprint density at radius 3 is 2.40 bits per heavy atom. The molecule has 0 aliphatic heterocycles. The molecule has 0 atom stereocenters. The summed E-state index contributed by atoms with van der Waals surface area (Å²) in [6, 6.07) is 11.1. The number of hydrogen-bond acceptors (Lipinski definition) is 7. The van der Waals surface area contributed by atoms with E-state index >= 15 is 0 Å². The van der Waals surface area contributed by atoms with Gasteiger partial charge in [0.15, 0.2) is 5.82 Å². The summed E-state index contributed by atoms with van der Waals surface area (Å²) >= 11 is 0. The number of sulfonamides is 1. The van der Waals surface area contributed by atoms with Crippen LogP contribution in [0.5, 0.6) is 5.75 Å². The highest BCUT2D eigenvalue weighted by atomic mass is 32.2. The van der Waals surface area contributed by atoms with Crippen molar-refractivity contribution in [1.82, 2.24) is 10.1 Å². The van der Waals surface area contributed by atoms with Crippen LogP contribution in [0.15, 0.2) is 58.1 Å². The van der Waals surface area contributed by atoms with Crippen molar-refractivity contribution < 1.29 is 17.7 Å². The second kappa shape index (κ2) is 6.81. The van der Waals surface area contributed by atoms with Gasteiger partial charge in [0.05, 0.1) is 23.9 Å². The Morgan fingerprint density at radius 2 is 1.84 bits per heavy atom. The molecule has 9 heteroatoms. The highest BCUT2D eigenvalue weighted by molar-refractivity contribution is 7.92. The Hall–Kier alpha value is -3.07. The van der Waals surface area contributed by atoms with Crippen molar-refractivity contribution >= 4 is 27.3 Å². The summed E-state index contributed by atoms with van der Waals surface area (Å²) in [4.78, 5) is 4.28. The van der Waals surface area contributed by atoms with Gasteiger partial charge in [-0.1, -0.05) is 5.16 Å². The van der Waals surface area contributed by atoms with Crippen LogP contribution in [0.4, 0.5) is 17.3 Å². The SMILES string of the molecule is COc1ccc(S(=O)(=O)Nc2ccc(Nc3cc(C)on3)nc2)cc1. The van der Waals surface area contributed by atoms with Gasteiger partial charge in [-0.3, -0.25) is 4.72 Å². The molecule has 0 saturated heterocycles. The maximum absolute atomic E-state index is 12.4. The number of benzene rings is 1. The first-order valence-electron chi connectivity index (χ1n) is 7.29. The number of ether oxygens (including phenoxy) is 1. The molecule has 0 saturated carbocycles. The predicted octanol–water partition coefficient (Wildman–Crippen LogP) is 2.93. The Kier molecular flexibility index (Phi) is 4.57. The fourth-order valence-electron chi connectivity index (χ4n) is 2.05. The van der Waals surface area contributed by atoms with E-state index in [4.69, 9.17) is 9.26 Å². The normalized spacial score (nSPS) is 11.1. The van der Waals surface area contributed by atoms with E-state index in [-0.39, 0.29) is 4.90 Å². The van der Waals surface area contributed by atoms with Crippen LogP contribution in [0.3, 0.4) is 0 Å². The van der Waals surface area contributed by atoms with Gasteiger partial charge < -0.3 is 14.6 Å². The number of rotatable bonds is 6. The summed E-state index contributed by atoms with van der Waals surface area (Å²) in [5, 5.41) is 6.75. The topological polar surface area (TPSA) is 106 Å². The molecular weight excluding hydrogens is 344 g/mol. The largest absolute Gasteiger partial charge is 0.497 e. The van der Waals surface area contributed by atoms with E-state index in [9.17, 15) is 8.42 Å². The molecule has 2 N–H and O–H groups in total. The smallest absolute Gasteiger partial charge is 0.261 e. The lowest BCUT2D eigenvalue weighted by Gasteiger charge is -2.09. The fourth-order valence-corrected chi connectivity index (χ4v) is 3.10. The zero-order valence-corrected chi connectivity index (χ0v) is 14.4. The van der Waals surface area contributed by atoms with Crippen molar-refractivity contribution in [1.29, 1.82) is 0 Å². The lowest BCUT2D eigenvalue weighted by Crippen LogP contribution is -2.13. The Morgan fingerprint density at radius 1 is 1.08 bits per heavy atom. The van der Waals surface area contributed by atoms with E-state index in [0.717, 1.165) is 0 Å². The van der Waals surface area contributed by atoms with Crippen LogP contribution in [0.25, 0.3) is 0 Å². The van der Waals surface area contributed by atoms with Gasteiger partial charge in [-0.15, -0.1) is 0 Å². The average molecular weight is 360 g/mol. The van der Waals surface area contributed by atoms with Gasteiger partial charge in [0.1, 0.15) is 17.3 Å². The lowest BCUT2D eigenvalue weighted by molar-refractivity contribution is 0.400. The maximum Gasteiger partial charge on any atom is 0.261 e. The number of nitrogens with one attached hydrogen (secondary N) is 2. The number of nitrogens with zero attached hydrogens (tertiary/aromatic N) is 2. The van der Waals surface area contributed by atoms with E-state index in [0.29, 0.717) is 28.8 Å². The van der Waals surface area contributed by atoms with Gasteiger partial charge in [0, 0.05) is 6.07 Å². The molecule has 25 heavy (non-hydrogen) atoms. The Bertz CT molecular complexity index is 951. The molecule has 3 rings (SSSR count). The van der Waals surface area contributed by atoms with Crippen molar-refractivity contribution in [2.45, 2.75) is 11.8 Å².